The molecule has 118 valence electrons. The third kappa shape index (κ3) is 2.56. The first-order valence-corrected chi connectivity index (χ1v) is 8.30. The van der Waals surface area contributed by atoms with Crippen LogP contribution in [-0.2, 0) is 9.59 Å². The van der Waals surface area contributed by atoms with Gasteiger partial charge in [0.05, 0.1) is 5.41 Å². The van der Waals surface area contributed by atoms with Crippen LogP contribution in [0.2, 0.25) is 0 Å². The zero-order chi connectivity index (χ0) is 15.0. The standard InChI is InChI=1S/C16H26N2O3/c17-10-16(5-1-2-6-16)15(21)18-12-3-4-13(18)8-11(7-12)9-14(19)20/h11-13H,1-10,17H2,(H,19,20). The Morgan fingerprint density at radius 1 is 1.14 bits per heavy atom. The Hall–Kier alpha value is -1.10. The number of hydrogen-bond acceptors (Lipinski definition) is 3. The predicted octanol–water partition coefficient (Wildman–Crippen LogP) is 1.75. The van der Waals surface area contributed by atoms with Crippen LogP contribution < -0.4 is 5.73 Å². The minimum absolute atomic E-state index is 0.237. The summed E-state index contributed by atoms with van der Waals surface area (Å²) in [6.45, 7) is 0.459. The van der Waals surface area contributed by atoms with Crippen LogP contribution >= 0.6 is 0 Å². The van der Waals surface area contributed by atoms with Crippen molar-refractivity contribution >= 4 is 11.9 Å². The number of carboxylic acids is 1. The maximum absolute atomic E-state index is 13.1. The van der Waals surface area contributed by atoms with Crippen molar-refractivity contribution in [2.45, 2.75) is 69.9 Å². The van der Waals surface area contributed by atoms with Gasteiger partial charge < -0.3 is 15.7 Å². The molecule has 2 unspecified atom stereocenters. The largest absolute Gasteiger partial charge is 0.481 e. The Bertz CT molecular complexity index is 417. The zero-order valence-corrected chi connectivity index (χ0v) is 12.6. The van der Waals surface area contributed by atoms with Crippen molar-refractivity contribution in [3.63, 3.8) is 0 Å². The fourth-order valence-corrected chi connectivity index (χ4v) is 4.87. The Kier molecular flexibility index (Phi) is 3.95. The number of fused-ring (bicyclic) bond motifs is 2. The van der Waals surface area contributed by atoms with Gasteiger partial charge in [-0.3, -0.25) is 9.59 Å². The van der Waals surface area contributed by atoms with E-state index in [1.54, 1.807) is 0 Å². The lowest BCUT2D eigenvalue weighted by Crippen LogP contribution is -2.54. The smallest absolute Gasteiger partial charge is 0.303 e. The van der Waals surface area contributed by atoms with Gasteiger partial charge >= 0.3 is 5.97 Å². The number of rotatable bonds is 4. The first kappa shape index (κ1) is 14.8. The van der Waals surface area contributed by atoms with Crippen molar-refractivity contribution in [2.75, 3.05) is 6.54 Å². The van der Waals surface area contributed by atoms with Gasteiger partial charge in [0.25, 0.3) is 0 Å². The van der Waals surface area contributed by atoms with Crippen molar-refractivity contribution in [1.29, 1.82) is 0 Å². The number of carbonyl (C=O) groups excluding carboxylic acids is 1. The van der Waals surface area contributed by atoms with Gasteiger partial charge in [-0.1, -0.05) is 12.8 Å². The molecule has 2 heterocycles. The van der Waals surface area contributed by atoms with Gasteiger partial charge in [0.2, 0.25) is 5.91 Å². The Labute approximate surface area is 125 Å². The molecule has 3 fully saturated rings. The fourth-order valence-electron chi connectivity index (χ4n) is 4.87. The van der Waals surface area contributed by atoms with Crippen LogP contribution in [0, 0.1) is 11.3 Å². The van der Waals surface area contributed by atoms with Crippen LogP contribution in [0.1, 0.15) is 57.8 Å². The van der Waals surface area contributed by atoms with Crippen molar-refractivity contribution in [3.05, 3.63) is 0 Å². The summed E-state index contributed by atoms with van der Waals surface area (Å²) in [6, 6.07) is 0.509. The van der Waals surface area contributed by atoms with E-state index < -0.39 is 5.97 Å². The van der Waals surface area contributed by atoms with E-state index in [0.717, 1.165) is 51.4 Å². The molecule has 3 aliphatic rings. The van der Waals surface area contributed by atoms with Crippen LogP contribution in [0.4, 0.5) is 0 Å². The molecular formula is C16H26N2O3. The Morgan fingerprint density at radius 3 is 2.19 bits per heavy atom. The maximum Gasteiger partial charge on any atom is 0.303 e. The van der Waals surface area contributed by atoms with E-state index in [9.17, 15) is 9.59 Å². The summed E-state index contributed by atoms with van der Waals surface area (Å²) >= 11 is 0. The van der Waals surface area contributed by atoms with Gasteiger partial charge in [0.15, 0.2) is 0 Å². The minimum atomic E-state index is -0.714. The average Bonchev–Trinajstić information content (AvgIpc) is 3.02. The highest BCUT2D eigenvalue weighted by Crippen LogP contribution is 2.46. The van der Waals surface area contributed by atoms with E-state index in [1.807, 2.05) is 0 Å². The molecule has 0 aromatic heterocycles. The first-order valence-electron chi connectivity index (χ1n) is 8.30. The lowest BCUT2D eigenvalue weighted by Gasteiger charge is -2.43. The van der Waals surface area contributed by atoms with Crippen molar-refractivity contribution in [2.24, 2.45) is 17.1 Å². The van der Waals surface area contributed by atoms with E-state index in [1.165, 1.54) is 0 Å². The van der Waals surface area contributed by atoms with Gasteiger partial charge in [-0.05, 0) is 44.4 Å². The van der Waals surface area contributed by atoms with Crippen LogP contribution in [0.5, 0.6) is 0 Å². The predicted molar refractivity (Wildman–Crippen MR) is 78.6 cm³/mol. The molecule has 2 bridgehead atoms. The molecule has 2 aliphatic heterocycles. The van der Waals surface area contributed by atoms with E-state index in [2.05, 4.69) is 4.90 Å². The SMILES string of the molecule is NCC1(C(=O)N2C3CCC2CC(CC(=O)O)C3)CCCC1. The maximum atomic E-state index is 13.1. The zero-order valence-electron chi connectivity index (χ0n) is 12.6. The number of nitrogens with two attached hydrogens (primary N) is 1. The highest BCUT2D eigenvalue weighted by molar-refractivity contribution is 5.84. The Balaban J connectivity index is 1.73. The molecule has 0 aromatic carbocycles. The van der Waals surface area contributed by atoms with Crippen LogP contribution in [0.3, 0.4) is 0 Å². The quantitative estimate of drug-likeness (QED) is 0.827. The molecule has 21 heavy (non-hydrogen) atoms. The summed E-state index contributed by atoms with van der Waals surface area (Å²) in [5.74, 6) is -0.210. The molecule has 2 saturated heterocycles. The average molecular weight is 294 g/mol. The third-order valence-electron chi connectivity index (χ3n) is 5.93. The number of aliphatic carboxylic acids is 1. The van der Waals surface area contributed by atoms with Crippen molar-refractivity contribution < 1.29 is 14.7 Å². The molecule has 2 atom stereocenters. The summed E-state index contributed by atoms with van der Waals surface area (Å²) in [4.78, 5) is 26.1. The van der Waals surface area contributed by atoms with Gasteiger partial charge in [-0.2, -0.15) is 0 Å². The summed E-state index contributed by atoms with van der Waals surface area (Å²) in [6.07, 6.45) is 8.09. The van der Waals surface area contributed by atoms with E-state index in [4.69, 9.17) is 10.8 Å². The summed E-state index contributed by atoms with van der Waals surface area (Å²) in [5.41, 5.74) is 5.64. The lowest BCUT2D eigenvalue weighted by atomic mass is 9.81. The van der Waals surface area contributed by atoms with Gasteiger partial charge in [-0.15, -0.1) is 0 Å². The van der Waals surface area contributed by atoms with Crippen molar-refractivity contribution in [3.8, 4) is 0 Å². The van der Waals surface area contributed by atoms with E-state index in [-0.39, 0.29) is 35.7 Å². The molecule has 3 rings (SSSR count). The topological polar surface area (TPSA) is 83.6 Å². The number of carboxylic acid groups (broad SMARTS) is 1. The molecular weight excluding hydrogens is 268 g/mol. The second-order valence-corrected chi connectivity index (χ2v) is 7.22. The number of nitrogens with zero attached hydrogens (tertiary/aromatic N) is 1. The lowest BCUT2D eigenvalue weighted by molar-refractivity contribution is -0.147. The Morgan fingerprint density at radius 2 is 1.71 bits per heavy atom. The van der Waals surface area contributed by atoms with Gasteiger partial charge in [0.1, 0.15) is 0 Å². The molecule has 0 radical (unpaired) electrons. The molecule has 5 heteroatoms. The molecule has 1 amide bonds. The number of amides is 1. The summed E-state index contributed by atoms with van der Waals surface area (Å²) in [7, 11) is 0. The minimum Gasteiger partial charge on any atom is -0.481 e. The number of carbonyl (C=O) groups is 2. The second kappa shape index (κ2) is 5.59. The molecule has 1 saturated carbocycles. The molecule has 0 spiro atoms. The highest BCUT2D eigenvalue weighted by Gasteiger charge is 2.50. The monoisotopic (exact) mass is 294 g/mol. The van der Waals surface area contributed by atoms with Crippen LogP contribution in [0.15, 0.2) is 0 Å². The van der Waals surface area contributed by atoms with Crippen LogP contribution in [0.25, 0.3) is 0 Å². The molecule has 0 aromatic rings. The molecule has 1 aliphatic carbocycles. The van der Waals surface area contributed by atoms with E-state index in [0.29, 0.717) is 6.54 Å². The number of piperidine rings is 1. The highest BCUT2D eigenvalue weighted by atomic mass is 16.4. The first-order chi connectivity index (χ1) is 10.1. The summed E-state index contributed by atoms with van der Waals surface area (Å²) < 4.78 is 0. The normalized spacial score (nSPS) is 34.1. The van der Waals surface area contributed by atoms with Gasteiger partial charge in [0, 0.05) is 25.0 Å². The number of hydrogen-bond donors (Lipinski definition) is 2. The van der Waals surface area contributed by atoms with Gasteiger partial charge in [-0.25, -0.2) is 0 Å². The summed E-state index contributed by atoms with van der Waals surface area (Å²) in [5, 5.41) is 8.99. The third-order valence-corrected chi connectivity index (χ3v) is 5.93. The van der Waals surface area contributed by atoms with Crippen molar-refractivity contribution in [1.82, 2.24) is 4.90 Å². The fraction of sp³-hybridized carbons (Fsp3) is 0.875. The molecule has 5 nitrogen and oxygen atoms in total. The van der Waals surface area contributed by atoms with Crippen LogP contribution in [-0.4, -0.2) is 40.5 Å². The molecule has 3 N–H and O–H groups in total. The second-order valence-electron chi connectivity index (χ2n) is 7.22. The van der Waals surface area contributed by atoms with E-state index >= 15 is 0 Å².